The average Bonchev–Trinajstić information content (AvgIpc) is 2.42. The van der Waals surface area contributed by atoms with E-state index in [1.165, 1.54) is 0 Å². The Hall–Kier alpha value is -1.63. The van der Waals surface area contributed by atoms with Gasteiger partial charge in [-0.15, -0.1) is 0 Å². The first kappa shape index (κ1) is 14.4. The zero-order valence-corrected chi connectivity index (χ0v) is 11.6. The number of rotatable bonds is 6. The van der Waals surface area contributed by atoms with Crippen molar-refractivity contribution >= 4 is 5.71 Å². The van der Waals surface area contributed by atoms with Gasteiger partial charge in [0.25, 0.3) is 0 Å². The number of allylic oxidation sites excluding steroid dienone is 3. The minimum atomic E-state index is 0.300. The summed E-state index contributed by atoms with van der Waals surface area (Å²) in [6, 6.07) is 10.5. The quantitative estimate of drug-likeness (QED) is 0.507. The lowest BCUT2D eigenvalue weighted by Gasteiger charge is -2.15. The second-order valence-electron chi connectivity index (χ2n) is 4.61. The van der Waals surface area contributed by atoms with Gasteiger partial charge in [0.05, 0.1) is 11.8 Å². The summed E-state index contributed by atoms with van der Waals surface area (Å²) < 4.78 is 0. The highest BCUT2D eigenvalue weighted by Gasteiger charge is 2.10. The van der Waals surface area contributed by atoms with Crippen molar-refractivity contribution in [2.45, 2.75) is 33.2 Å². The smallest absolute Gasteiger partial charge is 0.0644 e. The molecule has 0 radical (unpaired) electrons. The fourth-order valence-corrected chi connectivity index (χ4v) is 1.75. The Labute approximate surface area is 111 Å². The molecule has 1 heteroatoms. The predicted molar refractivity (Wildman–Crippen MR) is 81.2 cm³/mol. The van der Waals surface area contributed by atoms with Crippen LogP contribution in [0.2, 0.25) is 0 Å². The first-order chi connectivity index (χ1) is 8.69. The van der Waals surface area contributed by atoms with Crippen LogP contribution in [0.15, 0.2) is 60.1 Å². The maximum Gasteiger partial charge on any atom is 0.0644 e. The lowest BCUT2D eigenvalue weighted by atomic mass is 9.99. The number of hydrogen-bond acceptors (Lipinski definition) is 1. The lowest BCUT2D eigenvalue weighted by molar-refractivity contribution is 0.492. The van der Waals surface area contributed by atoms with Gasteiger partial charge in [-0.1, -0.05) is 56.0 Å². The summed E-state index contributed by atoms with van der Waals surface area (Å²) >= 11 is 0. The molecule has 0 fully saturated rings. The molecule has 1 rings (SSSR count). The van der Waals surface area contributed by atoms with E-state index in [2.05, 4.69) is 51.6 Å². The first-order valence-electron chi connectivity index (χ1n) is 6.55. The van der Waals surface area contributed by atoms with Crippen LogP contribution in [-0.4, -0.2) is 11.8 Å². The maximum absolute atomic E-state index is 4.78. The van der Waals surface area contributed by atoms with Crippen molar-refractivity contribution < 1.29 is 0 Å². The SMILES string of the molecule is C=C/C(=N\C(C)[C@H](C)C/C=C\C)c1ccccc1. The second kappa shape index (κ2) is 7.65. The summed E-state index contributed by atoms with van der Waals surface area (Å²) in [6.07, 6.45) is 7.21. The van der Waals surface area contributed by atoms with Gasteiger partial charge in [-0.2, -0.15) is 0 Å². The minimum absolute atomic E-state index is 0.300. The van der Waals surface area contributed by atoms with Crippen LogP contribution >= 0.6 is 0 Å². The van der Waals surface area contributed by atoms with Crippen molar-refractivity contribution in [3.8, 4) is 0 Å². The highest BCUT2D eigenvalue weighted by atomic mass is 14.8. The van der Waals surface area contributed by atoms with E-state index in [0.717, 1.165) is 17.7 Å². The summed E-state index contributed by atoms with van der Waals surface area (Å²) in [5.74, 6) is 0.542. The standard InChI is InChI=1S/C17H23N/c1-5-7-11-14(3)15(4)18-17(6-2)16-12-9-8-10-13-16/h5-10,12-15H,2,11H2,1,3-4H3/b7-5-,18-17+/t14-,15?/m1/s1. The number of aliphatic imine (C=N–C) groups is 1. The Morgan fingerprint density at radius 1 is 1.28 bits per heavy atom. The van der Waals surface area contributed by atoms with Crippen molar-refractivity contribution in [3.05, 3.63) is 60.7 Å². The maximum atomic E-state index is 4.78. The van der Waals surface area contributed by atoms with E-state index in [1.807, 2.05) is 24.3 Å². The molecule has 0 aliphatic rings. The van der Waals surface area contributed by atoms with Gasteiger partial charge in [-0.25, -0.2) is 0 Å². The van der Waals surface area contributed by atoms with E-state index >= 15 is 0 Å². The molecule has 1 nitrogen and oxygen atoms in total. The Morgan fingerprint density at radius 3 is 2.50 bits per heavy atom. The van der Waals surface area contributed by atoms with Crippen LogP contribution in [0, 0.1) is 5.92 Å². The van der Waals surface area contributed by atoms with Crippen molar-refractivity contribution in [2.75, 3.05) is 0 Å². The van der Waals surface area contributed by atoms with Gasteiger partial charge in [0, 0.05) is 0 Å². The summed E-state index contributed by atoms with van der Waals surface area (Å²) in [7, 11) is 0. The monoisotopic (exact) mass is 241 g/mol. The van der Waals surface area contributed by atoms with Crippen LogP contribution in [0.3, 0.4) is 0 Å². The largest absolute Gasteiger partial charge is 0.281 e. The molecule has 0 N–H and O–H groups in total. The molecule has 1 aromatic carbocycles. The molecule has 1 unspecified atom stereocenters. The minimum Gasteiger partial charge on any atom is -0.281 e. The van der Waals surface area contributed by atoms with Crippen LogP contribution in [0.5, 0.6) is 0 Å². The Bertz CT molecular complexity index is 414. The van der Waals surface area contributed by atoms with Crippen molar-refractivity contribution in [3.63, 3.8) is 0 Å². The molecular weight excluding hydrogens is 218 g/mol. The first-order valence-corrected chi connectivity index (χ1v) is 6.55. The third-order valence-corrected chi connectivity index (χ3v) is 3.17. The van der Waals surface area contributed by atoms with E-state index in [1.54, 1.807) is 0 Å². The molecule has 0 bridgehead atoms. The van der Waals surface area contributed by atoms with Crippen molar-refractivity contribution in [1.29, 1.82) is 0 Å². The van der Waals surface area contributed by atoms with Crippen LogP contribution in [0.1, 0.15) is 32.8 Å². The predicted octanol–water partition coefficient (Wildman–Crippen LogP) is 4.65. The average molecular weight is 241 g/mol. The summed E-state index contributed by atoms with van der Waals surface area (Å²) in [5.41, 5.74) is 2.12. The summed E-state index contributed by atoms with van der Waals surface area (Å²) in [6.45, 7) is 10.3. The number of hydrogen-bond donors (Lipinski definition) is 0. The van der Waals surface area contributed by atoms with E-state index < -0.39 is 0 Å². The van der Waals surface area contributed by atoms with Gasteiger partial charge >= 0.3 is 0 Å². The van der Waals surface area contributed by atoms with Crippen LogP contribution in [0.4, 0.5) is 0 Å². The van der Waals surface area contributed by atoms with Crippen LogP contribution in [0.25, 0.3) is 0 Å². The van der Waals surface area contributed by atoms with E-state index in [0.29, 0.717) is 12.0 Å². The highest BCUT2D eigenvalue weighted by molar-refractivity contribution is 6.08. The van der Waals surface area contributed by atoms with Gasteiger partial charge in [-0.3, -0.25) is 4.99 Å². The van der Waals surface area contributed by atoms with Gasteiger partial charge in [-0.05, 0) is 37.8 Å². The van der Waals surface area contributed by atoms with Gasteiger partial charge in [0.1, 0.15) is 0 Å². The third-order valence-electron chi connectivity index (χ3n) is 3.17. The summed E-state index contributed by atoms with van der Waals surface area (Å²) in [5, 5.41) is 0. The molecule has 0 saturated carbocycles. The van der Waals surface area contributed by atoms with Crippen LogP contribution in [-0.2, 0) is 0 Å². The van der Waals surface area contributed by atoms with Crippen LogP contribution < -0.4 is 0 Å². The normalized spacial score (nSPS) is 15.6. The molecule has 0 amide bonds. The zero-order valence-electron chi connectivity index (χ0n) is 11.6. The van der Waals surface area contributed by atoms with Gasteiger partial charge in [0.15, 0.2) is 0 Å². The Morgan fingerprint density at radius 2 is 1.94 bits per heavy atom. The van der Waals surface area contributed by atoms with Crippen molar-refractivity contribution in [1.82, 2.24) is 0 Å². The molecule has 1 aromatic rings. The van der Waals surface area contributed by atoms with E-state index in [4.69, 9.17) is 4.99 Å². The molecule has 0 aromatic heterocycles. The number of benzene rings is 1. The fraction of sp³-hybridized carbons (Fsp3) is 0.353. The lowest BCUT2D eigenvalue weighted by Crippen LogP contribution is -2.13. The second-order valence-corrected chi connectivity index (χ2v) is 4.61. The summed E-state index contributed by atoms with van der Waals surface area (Å²) in [4.78, 5) is 4.78. The number of nitrogens with zero attached hydrogens (tertiary/aromatic N) is 1. The molecule has 0 aliphatic carbocycles. The Balaban J connectivity index is 2.82. The van der Waals surface area contributed by atoms with Gasteiger partial charge < -0.3 is 0 Å². The molecule has 0 heterocycles. The molecule has 0 spiro atoms. The molecular formula is C17H23N. The van der Waals surface area contributed by atoms with Gasteiger partial charge in [0.2, 0.25) is 0 Å². The fourth-order valence-electron chi connectivity index (χ4n) is 1.75. The molecule has 0 saturated heterocycles. The van der Waals surface area contributed by atoms with E-state index in [-0.39, 0.29) is 0 Å². The molecule has 96 valence electrons. The molecule has 2 atom stereocenters. The molecule has 18 heavy (non-hydrogen) atoms. The highest BCUT2D eigenvalue weighted by Crippen LogP contribution is 2.14. The topological polar surface area (TPSA) is 12.4 Å². The van der Waals surface area contributed by atoms with Crippen molar-refractivity contribution in [2.24, 2.45) is 10.9 Å². The molecule has 0 aliphatic heterocycles. The zero-order chi connectivity index (χ0) is 13.4. The third kappa shape index (κ3) is 4.33. The van der Waals surface area contributed by atoms with E-state index in [9.17, 15) is 0 Å². The Kier molecular flexibility index (Phi) is 6.13.